The number of benzene rings is 1. The Labute approximate surface area is 150 Å². The monoisotopic (exact) mass is 367 g/mol. The fourth-order valence-electron chi connectivity index (χ4n) is 3.42. The molecular formula is C19H22F3N2O2+. The molecule has 140 valence electrons. The van der Waals surface area contributed by atoms with E-state index in [9.17, 15) is 18.0 Å². The van der Waals surface area contributed by atoms with Crippen LogP contribution >= 0.6 is 0 Å². The van der Waals surface area contributed by atoms with Crippen molar-refractivity contribution in [3.05, 3.63) is 52.8 Å². The maximum Gasteiger partial charge on any atom is 0.416 e. The van der Waals surface area contributed by atoms with Gasteiger partial charge in [0, 0.05) is 22.6 Å². The number of nitrogens with one attached hydrogen (secondary N) is 1. The van der Waals surface area contributed by atoms with Crippen LogP contribution in [0, 0.1) is 13.8 Å². The largest absolute Gasteiger partial charge is 0.416 e. The Morgan fingerprint density at radius 3 is 2.54 bits per heavy atom. The van der Waals surface area contributed by atoms with Crippen LogP contribution in [0.2, 0.25) is 0 Å². The van der Waals surface area contributed by atoms with Crippen LogP contribution < -0.4 is 4.90 Å². The third kappa shape index (κ3) is 3.83. The highest BCUT2D eigenvalue weighted by Gasteiger charge is 2.31. The molecule has 1 saturated heterocycles. The van der Waals surface area contributed by atoms with Gasteiger partial charge >= 0.3 is 6.18 Å². The van der Waals surface area contributed by atoms with E-state index in [0.29, 0.717) is 36.7 Å². The minimum absolute atomic E-state index is 0.00762. The molecule has 0 saturated carbocycles. The highest BCUT2D eigenvalue weighted by atomic mass is 19.4. The molecule has 4 nitrogen and oxygen atoms in total. The lowest BCUT2D eigenvalue weighted by atomic mass is 10.1. The van der Waals surface area contributed by atoms with E-state index in [0.717, 1.165) is 30.9 Å². The molecule has 7 heteroatoms. The van der Waals surface area contributed by atoms with Gasteiger partial charge in [0.25, 0.3) is 0 Å². The van der Waals surface area contributed by atoms with E-state index >= 15 is 0 Å². The summed E-state index contributed by atoms with van der Waals surface area (Å²) in [6.45, 7) is 6.81. The Morgan fingerprint density at radius 2 is 1.88 bits per heavy atom. The Kier molecular flexibility index (Phi) is 5.20. The number of aromatic nitrogens is 1. The number of nitrogens with zero attached hydrogens (tertiary/aromatic N) is 1. The first kappa shape index (κ1) is 18.7. The van der Waals surface area contributed by atoms with Crippen LogP contribution in [0.3, 0.4) is 0 Å². The highest BCUT2D eigenvalue weighted by Crippen LogP contribution is 2.31. The number of rotatable bonds is 4. The molecule has 1 aromatic carbocycles. The number of hydrogen-bond acceptors (Lipinski definition) is 2. The van der Waals surface area contributed by atoms with Gasteiger partial charge in [-0.1, -0.05) is 6.07 Å². The van der Waals surface area contributed by atoms with Crippen molar-refractivity contribution >= 4 is 5.78 Å². The van der Waals surface area contributed by atoms with E-state index in [1.165, 1.54) is 11.0 Å². The van der Waals surface area contributed by atoms with Gasteiger partial charge in [-0.2, -0.15) is 13.2 Å². The first-order valence-corrected chi connectivity index (χ1v) is 8.58. The van der Waals surface area contributed by atoms with Crippen LogP contribution in [0.1, 0.15) is 27.3 Å². The van der Waals surface area contributed by atoms with Crippen LogP contribution in [0.15, 0.2) is 30.3 Å². The number of Topliss-reactive ketones (excluding diaryl/α,β-unsaturated/α-hetero) is 1. The number of ether oxygens (including phenoxy) is 1. The number of aryl methyl sites for hydroxylation is 1. The predicted octanol–water partition coefficient (Wildman–Crippen LogP) is 2.21. The molecule has 0 spiro atoms. The fraction of sp³-hybridized carbons (Fsp3) is 0.421. The summed E-state index contributed by atoms with van der Waals surface area (Å²) in [4.78, 5) is 13.9. The quantitative estimate of drug-likeness (QED) is 0.841. The summed E-state index contributed by atoms with van der Waals surface area (Å²) >= 11 is 0. The molecule has 1 aliphatic heterocycles. The number of halogens is 3. The zero-order valence-corrected chi connectivity index (χ0v) is 14.8. The van der Waals surface area contributed by atoms with E-state index in [1.807, 2.05) is 0 Å². The maximum absolute atomic E-state index is 13.0. The molecule has 1 fully saturated rings. The first-order chi connectivity index (χ1) is 12.3. The normalized spacial score (nSPS) is 16.0. The van der Waals surface area contributed by atoms with Gasteiger partial charge in [0.2, 0.25) is 5.78 Å². The smallest absolute Gasteiger partial charge is 0.370 e. The minimum atomic E-state index is -4.40. The molecule has 0 bridgehead atoms. The third-order valence-electron chi connectivity index (χ3n) is 4.77. The molecule has 26 heavy (non-hydrogen) atoms. The molecule has 2 heterocycles. The minimum Gasteiger partial charge on any atom is -0.370 e. The Morgan fingerprint density at radius 1 is 1.19 bits per heavy atom. The first-order valence-electron chi connectivity index (χ1n) is 8.58. The van der Waals surface area contributed by atoms with Gasteiger partial charge in [0.15, 0.2) is 0 Å². The summed E-state index contributed by atoms with van der Waals surface area (Å²) in [6, 6.07) is 6.93. The molecule has 0 amide bonds. The summed E-state index contributed by atoms with van der Waals surface area (Å²) in [6.07, 6.45) is -4.40. The van der Waals surface area contributed by atoms with Crippen molar-refractivity contribution < 1.29 is 27.6 Å². The van der Waals surface area contributed by atoms with Gasteiger partial charge in [-0.15, -0.1) is 0 Å². The number of morpholine rings is 1. The van der Waals surface area contributed by atoms with Gasteiger partial charge < -0.3 is 14.2 Å². The van der Waals surface area contributed by atoms with Gasteiger partial charge in [-0.05, 0) is 38.1 Å². The molecule has 1 aromatic heterocycles. The fourth-order valence-corrected chi connectivity index (χ4v) is 3.42. The molecule has 2 aromatic rings. The molecule has 0 atom stereocenters. The van der Waals surface area contributed by atoms with Crippen molar-refractivity contribution in [2.75, 3.05) is 32.8 Å². The van der Waals surface area contributed by atoms with Gasteiger partial charge in [-0.3, -0.25) is 4.79 Å². The highest BCUT2D eigenvalue weighted by molar-refractivity contribution is 5.98. The van der Waals surface area contributed by atoms with Gasteiger partial charge in [0.05, 0.1) is 18.8 Å². The van der Waals surface area contributed by atoms with E-state index in [4.69, 9.17) is 4.74 Å². The van der Waals surface area contributed by atoms with Crippen LogP contribution in [-0.4, -0.2) is 43.2 Å². The topological polar surface area (TPSA) is 35.7 Å². The van der Waals surface area contributed by atoms with E-state index < -0.39 is 11.7 Å². The standard InChI is InChI=1S/C19H21F3N2O2/c1-13-10-17(18(25)12-23-6-8-26-9-7-23)14(2)24(13)16-5-3-4-15(11-16)19(20,21)22/h3-5,10-11H,6-9,12H2,1-2H3/p+1. The van der Waals surface area contributed by atoms with Crippen LogP contribution in [0.4, 0.5) is 13.2 Å². The lowest BCUT2D eigenvalue weighted by Crippen LogP contribution is -3.14. The lowest BCUT2D eigenvalue weighted by molar-refractivity contribution is -0.899. The second-order valence-electron chi connectivity index (χ2n) is 6.63. The number of quaternary nitrogens is 1. The number of carbonyl (C=O) groups excluding carboxylic acids is 1. The molecular weight excluding hydrogens is 345 g/mol. The molecule has 0 unspecified atom stereocenters. The summed E-state index contributed by atoms with van der Waals surface area (Å²) in [5.41, 5.74) is 1.68. The Balaban J connectivity index is 1.90. The summed E-state index contributed by atoms with van der Waals surface area (Å²) < 4.78 is 46.0. The van der Waals surface area contributed by atoms with E-state index in [1.54, 1.807) is 30.5 Å². The van der Waals surface area contributed by atoms with Crippen molar-refractivity contribution in [2.45, 2.75) is 20.0 Å². The second kappa shape index (κ2) is 7.25. The van der Waals surface area contributed by atoms with Crippen molar-refractivity contribution in [1.29, 1.82) is 0 Å². The summed E-state index contributed by atoms with van der Waals surface area (Å²) in [5.74, 6) is 0.00762. The van der Waals surface area contributed by atoms with Gasteiger partial charge in [0.1, 0.15) is 19.6 Å². The van der Waals surface area contributed by atoms with Crippen molar-refractivity contribution in [2.24, 2.45) is 0 Å². The zero-order valence-electron chi connectivity index (χ0n) is 14.8. The van der Waals surface area contributed by atoms with Crippen LogP contribution in [0.5, 0.6) is 0 Å². The number of ketones is 1. The third-order valence-corrected chi connectivity index (χ3v) is 4.77. The Bertz CT molecular complexity index is 806. The number of alkyl halides is 3. The van der Waals surface area contributed by atoms with Crippen LogP contribution in [0.25, 0.3) is 5.69 Å². The molecule has 3 rings (SSSR count). The average Bonchev–Trinajstić information content (AvgIpc) is 2.90. The summed E-state index contributed by atoms with van der Waals surface area (Å²) in [5, 5.41) is 0. The molecule has 1 N–H and O–H groups in total. The van der Waals surface area contributed by atoms with Crippen molar-refractivity contribution in [3.63, 3.8) is 0 Å². The second-order valence-corrected chi connectivity index (χ2v) is 6.63. The Hall–Kier alpha value is -2.12. The van der Waals surface area contributed by atoms with Gasteiger partial charge in [-0.25, -0.2) is 0 Å². The number of hydrogen-bond donors (Lipinski definition) is 1. The number of carbonyl (C=O) groups is 1. The van der Waals surface area contributed by atoms with E-state index in [-0.39, 0.29) is 5.78 Å². The predicted molar refractivity (Wildman–Crippen MR) is 91.0 cm³/mol. The molecule has 1 aliphatic rings. The SMILES string of the molecule is Cc1cc(C(=O)C[NH+]2CCOCC2)c(C)n1-c1cccc(C(F)(F)F)c1. The maximum atomic E-state index is 13.0. The van der Waals surface area contributed by atoms with Crippen LogP contribution in [-0.2, 0) is 10.9 Å². The van der Waals surface area contributed by atoms with E-state index in [2.05, 4.69) is 0 Å². The average molecular weight is 367 g/mol. The zero-order chi connectivity index (χ0) is 18.9. The molecule has 0 aliphatic carbocycles. The van der Waals surface area contributed by atoms with Crippen molar-refractivity contribution in [3.8, 4) is 5.69 Å². The van der Waals surface area contributed by atoms with Crippen molar-refractivity contribution in [1.82, 2.24) is 4.57 Å². The summed E-state index contributed by atoms with van der Waals surface area (Å²) in [7, 11) is 0. The lowest BCUT2D eigenvalue weighted by Gasteiger charge is -2.23. The molecule has 0 radical (unpaired) electrons.